The smallest absolute Gasteiger partial charge is 0.265 e. The minimum absolute atomic E-state index is 0.200. The Labute approximate surface area is 89.8 Å². The summed E-state index contributed by atoms with van der Waals surface area (Å²) in [5.41, 5.74) is 0.387. The molecule has 0 aromatic carbocycles. The summed E-state index contributed by atoms with van der Waals surface area (Å²) >= 11 is 0. The summed E-state index contributed by atoms with van der Waals surface area (Å²) in [7, 11) is 3.20. The molecule has 2 N–H and O–H groups in total. The number of amides is 1. The lowest BCUT2D eigenvalue weighted by atomic mass is 10.4. The van der Waals surface area contributed by atoms with E-state index in [0.29, 0.717) is 19.0 Å². The fourth-order valence-electron chi connectivity index (χ4n) is 0.726. The predicted molar refractivity (Wildman–Crippen MR) is 60.4 cm³/mol. The van der Waals surface area contributed by atoms with Crippen molar-refractivity contribution in [1.29, 1.82) is 0 Å². The molecule has 0 unspecified atom stereocenters. The van der Waals surface area contributed by atoms with Crippen molar-refractivity contribution in [3.8, 4) is 0 Å². The van der Waals surface area contributed by atoms with Gasteiger partial charge in [-0.05, 0) is 6.92 Å². The number of hydrogen-bond acceptors (Lipinski definition) is 4. The number of aliphatic imine (C=N–C) groups is 2. The van der Waals surface area contributed by atoms with Crippen molar-refractivity contribution in [3.05, 3.63) is 0 Å². The Bertz CT molecular complexity index is 238. The molecular formula is C9H18N4O2. The van der Waals surface area contributed by atoms with Crippen LogP contribution in [-0.4, -0.2) is 51.9 Å². The van der Waals surface area contributed by atoms with Crippen LogP contribution in [0, 0.1) is 0 Å². The van der Waals surface area contributed by atoms with E-state index in [-0.39, 0.29) is 5.91 Å². The highest BCUT2D eigenvalue weighted by molar-refractivity contribution is 6.38. The zero-order valence-electron chi connectivity index (χ0n) is 9.41. The monoisotopic (exact) mass is 214 g/mol. The second-order valence-electron chi connectivity index (χ2n) is 2.74. The lowest BCUT2D eigenvalue weighted by molar-refractivity contribution is -0.114. The highest BCUT2D eigenvalue weighted by atomic mass is 16.5. The van der Waals surface area contributed by atoms with Gasteiger partial charge in [0.25, 0.3) is 5.91 Å². The molecule has 15 heavy (non-hydrogen) atoms. The summed E-state index contributed by atoms with van der Waals surface area (Å²) in [5, 5.41) is 5.48. The van der Waals surface area contributed by atoms with Crippen LogP contribution in [0.2, 0.25) is 0 Å². The van der Waals surface area contributed by atoms with Crippen LogP contribution in [0.15, 0.2) is 9.98 Å². The van der Waals surface area contributed by atoms with Crippen LogP contribution in [0.25, 0.3) is 0 Å². The zero-order valence-corrected chi connectivity index (χ0v) is 9.41. The van der Waals surface area contributed by atoms with Crippen molar-refractivity contribution in [2.24, 2.45) is 9.98 Å². The highest BCUT2D eigenvalue weighted by Crippen LogP contribution is 1.75. The molecule has 0 saturated heterocycles. The van der Waals surface area contributed by atoms with Crippen LogP contribution in [0.3, 0.4) is 0 Å². The third-order valence-electron chi connectivity index (χ3n) is 1.57. The van der Waals surface area contributed by atoms with Crippen molar-refractivity contribution in [2.75, 3.05) is 34.0 Å². The Morgan fingerprint density at radius 1 is 1.53 bits per heavy atom. The summed E-state index contributed by atoms with van der Waals surface area (Å²) in [6, 6.07) is 0. The van der Waals surface area contributed by atoms with Crippen LogP contribution in [0.5, 0.6) is 0 Å². The molecule has 0 spiro atoms. The van der Waals surface area contributed by atoms with Gasteiger partial charge in [0.15, 0.2) is 0 Å². The van der Waals surface area contributed by atoms with E-state index in [1.54, 1.807) is 21.1 Å². The van der Waals surface area contributed by atoms with Gasteiger partial charge in [0.2, 0.25) is 0 Å². The Morgan fingerprint density at radius 2 is 2.27 bits per heavy atom. The van der Waals surface area contributed by atoms with E-state index in [1.807, 2.05) is 0 Å². The lowest BCUT2D eigenvalue weighted by Gasteiger charge is -1.98. The van der Waals surface area contributed by atoms with E-state index in [9.17, 15) is 4.79 Å². The number of carbonyl (C=O) groups excluding carboxylic acids is 1. The SMILES string of the molecule is CNC(=O)C(C)=NC=NCNCCOC. The molecule has 0 bridgehead atoms. The van der Waals surface area contributed by atoms with E-state index >= 15 is 0 Å². The minimum atomic E-state index is -0.200. The number of ether oxygens (including phenoxy) is 1. The van der Waals surface area contributed by atoms with Gasteiger partial charge >= 0.3 is 0 Å². The maximum absolute atomic E-state index is 11.0. The van der Waals surface area contributed by atoms with E-state index < -0.39 is 0 Å². The number of rotatable bonds is 7. The first-order valence-corrected chi connectivity index (χ1v) is 4.66. The first kappa shape index (κ1) is 13.7. The van der Waals surface area contributed by atoms with Crippen molar-refractivity contribution in [1.82, 2.24) is 10.6 Å². The van der Waals surface area contributed by atoms with Gasteiger partial charge in [-0.1, -0.05) is 0 Å². The highest BCUT2D eigenvalue weighted by Gasteiger charge is 1.99. The molecule has 0 aliphatic carbocycles. The molecule has 86 valence electrons. The summed E-state index contributed by atoms with van der Waals surface area (Å²) in [6.07, 6.45) is 1.37. The average Bonchev–Trinajstić information content (AvgIpc) is 2.26. The molecule has 0 aliphatic rings. The number of nitrogens with zero attached hydrogens (tertiary/aromatic N) is 2. The van der Waals surface area contributed by atoms with Crippen molar-refractivity contribution >= 4 is 18.0 Å². The minimum Gasteiger partial charge on any atom is -0.383 e. The number of methoxy groups -OCH3 is 1. The quantitative estimate of drug-likeness (QED) is 0.338. The molecule has 0 aliphatic heterocycles. The molecule has 1 amide bonds. The molecule has 0 atom stereocenters. The third kappa shape index (κ3) is 7.77. The second kappa shape index (κ2) is 9.29. The van der Waals surface area contributed by atoms with E-state index in [4.69, 9.17) is 4.74 Å². The van der Waals surface area contributed by atoms with E-state index in [0.717, 1.165) is 6.54 Å². The molecule has 0 aromatic rings. The van der Waals surface area contributed by atoms with Crippen LogP contribution in [-0.2, 0) is 9.53 Å². The fraction of sp³-hybridized carbons (Fsp3) is 0.667. The Balaban J connectivity index is 3.64. The fourth-order valence-corrected chi connectivity index (χ4v) is 0.726. The summed E-state index contributed by atoms with van der Waals surface area (Å²) in [4.78, 5) is 18.8. The molecule has 0 saturated carbocycles. The lowest BCUT2D eigenvalue weighted by Crippen LogP contribution is -2.25. The maximum Gasteiger partial charge on any atom is 0.265 e. The van der Waals surface area contributed by atoms with Gasteiger partial charge in [-0.15, -0.1) is 0 Å². The van der Waals surface area contributed by atoms with Gasteiger partial charge in [-0.25, -0.2) is 4.99 Å². The number of carbonyl (C=O) groups is 1. The van der Waals surface area contributed by atoms with Crippen LogP contribution < -0.4 is 10.6 Å². The molecular weight excluding hydrogens is 196 g/mol. The number of nitrogens with one attached hydrogen (secondary N) is 2. The first-order valence-electron chi connectivity index (χ1n) is 4.66. The van der Waals surface area contributed by atoms with Gasteiger partial charge in [0.1, 0.15) is 12.1 Å². The maximum atomic E-state index is 11.0. The molecule has 0 rings (SSSR count). The topological polar surface area (TPSA) is 75.1 Å². The summed E-state index contributed by atoms with van der Waals surface area (Å²) in [6.45, 7) is 3.49. The Hall–Kier alpha value is -1.27. The zero-order chi connectivity index (χ0) is 11.5. The van der Waals surface area contributed by atoms with Gasteiger partial charge in [0, 0.05) is 20.7 Å². The molecule has 6 heteroatoms. The van der Waals surface area contributed by atoms with E-state index in [1.165, 1.54) is 6.34 Å². The molecule has 0 fully saturated rings. The van der Waals surface area contributed by atoms with Gasteiger partial charge < -0.3 is 10.1 Å². The summed E-state index contributed by atoms with van der Waals surface area (Å²) in [5.74, 6) is -0.200. The van der Waals surface area contributed by atoms with Crippen LogP contribution in [0.4, 0.5) is 0 Å². The third-order valence-corrected chi connectivity index (χ3v) is 1.57. The molecule has 0 heterocycles. The Morgan fingerprint density at radius 3 is 2.87 bits per heavy atom. The van der Waals surface area contributed by atoms with E-state index in [2.05, 4.69) is 20.6 Å². The largest absolute Gasteiger partial charge is 0.383 e. The van der Waals surface area contributed by atoms with Crippen LogP contribution in [0.1, 0.15) is 6.92 Å². The average molecular weight is 214 g/mol. The second-order valence-corrected chi connectivity index (χ2v) is 2.74. The Kier molecular flexibility index (Phi) is 8.50. The van der Waals surface area contributed by atoms with Crippen molar-refractivity contribution < 1.29 is 9.53 Å². The summed E-state index contributed by atoms with van der Waals surface area (Å²) < 4.78 is 4.84. The van der Waals surface area contributed by atoms with Gasteiger partial charge in [0.05, 0.1) is 13.3 Å². The van der Waals surface area contributed by atoms with Gasteiger partial charge in [-0.3, -0.25) is 15.1 Å². The number of hydrogen-bond donors (Lipinski definition) is 2. The molecule has 0 aromatic heterocycles. The molecule has 6 nitrogen and oxygen atoms in total. The van der Waals surface area contributed by atoms with Crippen molar-refractivity contribution in [3.63, 3.8) is 0 Å². The predicted octanol–water partition coefficient (Wildman–Crippen LogP) is -0.585. The normalized spacial score (nSPS) is 12.1. The molecule has 0 radical (unpaired) electrons. The van der Waals surface area contributed by atoms with Crippen molar-refractivity contribution in [2.45, 2.75) is 6.92 Å². The van der Waals surface area contributed by atoms with Gasteiger partial charge in [-0.2, -0.15) is 0 Å². The first-order chi connectivity index (χ1) is 7.22. The standard InChI is InChI=1S/C9H18N4O2/c1-8(9(14)10-2)13-7-12-6-11-4-5-15-3/h7,11H,4-6H2,1-3H3,(H,10,14). The van der Waals surface area contributed by atoms with Crippen LogP contribution >= 0.6 is 0 Å².